The van der Waals surface area contributed by atoms with Gasteiger partial charge in [0.05, 0.1) is 37.2 Å². The van der Waals surface area contributed by atoms with E-state index in [0.717, 1.165) is 80.2 Å². The Morgan fingerprint density at radius 2 is 1.77 bits per heavy atom. The summed E-state index contributed by atoms with van der Waals surface area (Å²) in [6.45, 7) is 10.6. The molecule has 4 aliphatic rings. The van der Waals surface area contributed by atoms with E-state index in [1.54, 1.807) is 21.8 Å². The Kier molecular flexibility index (Phi) is 9.95. The van der Waals surface area contributed by atoms with Crippen molar-refractivity contribution in [1.82, 2.24) is 40.0 Å². The largest absolute Gasteiger partial charge is 0.378 e. The maximum Gasteiger partial charge on any atom is 0.272 e. The van der Waals surface area contributed by atoms with Gasteiger partial charge >= 0.3 is 0 Å². The van der Waals surface area contributed by atoms with Gasteiger partial charge in [-0.05, 0) is 56.0 Å². The number of benzene rings is 2. The van der Waals surface area contributed by atoms with Crippen molar-refractivity contribution >= 4 is 23.5 Å². The third-order valence-electron chi connectivity index (χ3n) is 10.9. The standard InChI is InChI=1S/C40H47N9O4/c1-3-28(24-45-17-19-46(20-18-45)32-25-53-26-32)37(50)41-22-27-9-8-10-29(21-27)35-33-23-42-49(31-11-6-5-7-12-31)39(33)47(4-2)40(52)36(35)43-38(51)34-15-16-48(44-34)30-13-14-30/h3,5-12,15-16,21,23,30,32,35-36H,4,13-14,17-20,22,24-26H2,1-2H3,(H,41,50)(H,43,51)/b28-3+/t35-,36+/m1/s1. The van der Waals surface area contributed by atoms with Gasteiger partial charge in [-0.2, -0.15) is 10.2 Å². The Morgan fingerprint density at radius 1 is 0.981 bits per heavy atom. The molecule has 1 aliphatic carbocycles. The summed E-state index contributed by atoms with van der Waals surface area (Å²) in [5.41, 5.74) is 4.40. The maximum atomic E-state index is 14.5. The highest BCUT2D eigenvalue weighted by Crippen LogP contribution is 2.42. The summed E-state index contributed by atoms with van der Waals surface area (Å²) in [7, 11) is 0. The molecule has 2 saturated heterocycles. The zero-order valence-corrected chi connectivity index (χ0v) is 30.4. The highest BCUT2D eigenvalue weighted by Gasteiger charge is 2.44. The van der Waals surface area contributed by atoms with E-state index in [4.69, 9.17) is 9.84 Å². The molecule has 13 nitrogen and oxygen atoms in total. The molecule has 0 unspecified atom stereocenters. The van der Waals surface area contributed by atoms with Gasteiger partial charge in [-0.3, -0.25) is 33.8 Å². The molecule has 1 saturated carbocycles. The number of carbonyl (C=O) groups excluding carboxylic acids is 3. The molecule has 2 aromatic heterocycles. The first-order valence-corrected chi connectivity index (χ1v) is 18.8. The number of carbonyl (C=O) groups is 3. The molecule has 3 fully saturated rings. The van der Waals surface area contributed by atoms with Gasteiger partial charge in [-0.15, -0.1) is 0 Å². The van der Waals surface area contributed by atoms with Crippen LogP contribution in [0.2, 0.25) is 0 Å². The Bertz CT molecular complexity index is 1990. The number of para-hydroxylation sites is 1. The molecular weight excluding hydrogens is 670 g/mol. The summed E-state index contributed by atoms with van der Waals surface area (Å²) in [4.78, 5) is 48.2. The third kappa shape index (κ3) is 7.16. The lowest BCUT2D eigenvalue weighted by atomic mass is 9.82. The van der Waals surface area contributed by atoms with Gasteiger partial charge in [0.15, 0.2) is 0 Å². The molecule has 4 aromatic rings. The van der Waals surface area contributed by atoms with Crippen molar-refractivity contribution in [3.8, 4) is 5.69 Å². The van der Waals surface area contributed by atoms with Gasteiger partial charge in [0.2, 0.25) is 5.91 Å². The SMILES string of the molecule is C/C=C(\CN1CCN(C2COC2)CC1)C(=O)NCc1cccc([C@@H]2c3cnn(-c4ccccc4)c3N(CC)C(=O)[C@H]2NC(=O)c2ccn(C3CC3)n2)c1. The number of hydrogen-bond donors (Lipinski definition) is 2. The fourth-order valence-corrected chi connectivity index (χ4v) is 7.68. The van der Waals surface area contributed by atoms with Crippen molar-refractivity contribution in [2.75, 3.05) is 57.4 Å². The predicted octanol–water partition coefficient (Wildman–Crippen LogP) is 3.28. The number of nitrogens with zero attached hydrogens (tertiary/aromatic N) is 7. The van der Waals surface area contributed by atoms with E-state index in [-0.39, 0.29) is 17.5 Å². The molecule has 13 heteroatoms. The van der Waals surface area contributed by atoms with Gasteiger partial charge in [-0.1, -0.05) is 48.5 Å². The highest BCUT2D eigenvalue weighted by molar-refractivity contribution is 6.04. The number of likely N-dealkylation sites (N-methyl/N-ethyl adjacent to an activating group) is 1. The van der Waals surface area contributed by atoms with E-state index in [2.05, 4.69) is 25.5 Å². The van der Waals surface area contributed by atoms with Crippen LogP contribution < -0.4 is 15.5 Å². The van der Waals surface area contributed by atoms with Gasteiger partial charge in [0.25, 0.3) is 11.8 Å². The summed E-state index contributed by atoms with van der Waals surface area (Å²) >= 11 is 0. The third-order valence-corrected chi connectivity index (χ3v) is 10.9. The predicted molar refractivity (Wildman–Crippen MR) is 200 cm³/mol. The summed E-state index contributed by atoms with van der Waals surface area (Å²) in [5, 5.41) is 15.5. The molecule has 5 heterocycles. The quantitative estimate of drug-likeness (QED) is 0.214. The number of aromatic nitrogens is 4. The number of piperazine rings is 1. The van der Waals surface area contributed by atoms with E-state index in [0.29, 0.717) is 37.5 Å². The minimum Gasteiger partial charge on any atom is -0.378 e. The van der Waals surface area contributed by atoms with Crippen LogP contribution in [0.1, 0.15) is 65.8 Å². The molecule has 3 aliphatic heterocycles. The molecule has 3 amide bonds. The Hall–Kier alpha value is -5.11. The van der Waals surface area contributed by atoms with Gasteiger partial charge < -0.3 is 15.4 Å². The summed E-state index contributed by atoms with van der Waals surface area (Å²) in [6, 6.07) is 19.3. The first kappa shape index (κ1) is 34.9. The number of fused-ring (bicyclic) bond motifs is 1. The van der Waals surface area contributed by atoms with Gasteiger partial charge in [0, 0.05) is 69.1 Å². The smallest absolute Gasteiger partial charge is 0.272 e. The van der Waals surface area contributed by atoms with Crippen LogP contribution in [0.15, 0.2) is 84.7 Å². The number of ether oxygens (including phenoxy) is 1. The zero-order chi connectivity index (χ0) is 36.5. The highest BCUT2D eigenvalue weighted by atomic mass is 16.5. The molecule has 0 spiro atoms. The van der Waals surface area contributed by atoms with Crippen LogP contribution in [0, 0.1) is 0 Å². The first-order valence-electron chi connectivity index (χ1n) is 18.8. The second-order valence-electron chi connectivity index (χ2n) is 14.3. The molecule has 53 heavy (non-hydrogen) atoms. The van der Waals surface area contributed by atoms with E-state index in [1.165, 1.54) is 0 Å². The van der Waals surface area contributed by atoms with Crippen LogP contribution >= 0.6 is 0 Å². The Morgan fingerprint density at radius 3 is 2.47 bits per heavy atom. The molecule has 276 valence electrons. The molecule has 8 rings (SSSR count). The number of amides is 3. The van der Waals surface area contributed by atoms with Crippen molar-refractivity contribution in [3.63, 3.8) is 0 Å². The molecule has 2 aromatic carbocycles. The normalized spacial score (nSPS) is 21.3. The van der Waals surface area contributed by atoms with Gasteiger partial charge in [0.1, 0.15) is 17.6 Å². The van der Waals surface area contributed by atoms with Gasteiger partial charge in [-0.25, -0.2) is 4.68 Å². The first-order chi connectivity index (χ1) is 25.9. The van der Waals surface area contributed by atoms with Crippen LogP contribution in [-0.4, -0.2) is 112 Å². The van der Waals surface area contributed by atoms with E-state index >= 15 is 0 Å². The number of rotatable bonds is 12. The lowest BCUT2D eigenvalue weighted by Crippen LogP contribution is -2.56. The monoisotopic (exact) mass is 717 g/mol. The second-order valence-corrected chi connectivity index (χ2v) is 14.3. The van der Waals surface area contributed by atoms with E-state index in [1.807, 2.05) is 85.4 Å². The topological polar surface area (TPSA) is 130 Å². The van der Waals surface area contributed by atoms with Crippen LogP contribution in [0.25, 0.3) is 5.69 Å². The van der Waals surface area contributed by atoms with Crippen LogP contribution in [0.5, 0.6) is 0 Å². The van der Waals surface area contributed by atoms with Crippen molar-refractivity contribution in [2.45, 2.75) is 57.3 Å². The molecule has 2 atom stereocenters. The minimum atomic E-state index is -0.911. The average molecular weight is 718 g/mol. The number of allylic oxidation sites excluding steroid dienone is 1. The van der Waals surface area contributed by atoms with Crippen LogP contribution in [0.3, 0.4) is 0 Å². The van der Waals surface area contributed by atoms with E-state index < -0.39 is 17.9 Å². The zero-order valence-electron chi connectivity index (χ0n) is 30.4. The van der Waals surface area contributed by atoms with E-state index in [9.17, 15) is 14.4 Å². The minimum absolute atomic E-state index is 0.0960. The maximum absolute atomic E-state index is 14.5. The fraction of sp³-hybridized carbons (Fsp3) is 0.425. The Balaban J connectivity index is 1.03. The van der Waals surface area contributed by atoms with Crippen molar-refractivity contribution < 1.29 is 19.1 Å². The van der Waals surface area contributed by atoms with Crippen LogP contribution in [-0.2, 0) is 20.9 Å². The van der Waals surface area contributed by atoms with Crippen molar-refractivity contribution in [3.05, 3.63) is 107 Å². The molecule has 2 N–H and O–H groups in total. The van der Waals surface area contributed by atoms with Crippen molar-refractivity contribution in [2.24, 2.45) is 0 Å². The molecular formula is C40H47N9O4. The average Bonchev–Trinajstić information content (AvgIpc) is 3.73. The van der Waals surface area contributed by atoms with Crippen molar-refractivity contribution in [1.29, 1.82) is 0 Å². The number of hydrogen-bond acceptors (Lipinski definition) is 8. The second kappa shape index (κ2) is 15.1. The Labute approximate surface area is 309 Å². The lowest BCUT2D eigenvalue weighted by molar-refractivity contribution is -0.121. The lowest BCUT2D eigenvalue weighted by Gasteiger charge is -2.42. The summed E-state index contributed by atoms with van der Waals surface area (Å²) in [6.07, 6.45) is 7.63. The molecule has 0 radical (unpaired) electrons. The number of anilines is 1. The number of nitrogens with one attached hydrogen (secondary N) is 2. The fourth-order valence-electron chi connectivity index (χ4n) is 7.68. The van der Waals surface area contributed by atoms with Crippen LogP contribution in [0.4, 0.5) is 5.82 Å². The summed E-state index contributed by atoms with van der Waals surface area (Å²) < 4.78 is 9.00. The summed E-state index contributed by atoms with van der Waals surface area (Å²) in [5.74, 6) is -0.588. The molecule has 0 bridgehead atoms.